The Morgan fingerprint density at radius 3 is 2.50 bits per heavy atom. The first kappa shape index (κ1) is 23.9. The zero-order chi connectivity index (χ0) is 22.4. The lowest BCUT2D eigenvalue weighted by atomic mass is 10.1. The van der Waals surface area contributed by atoms with Gasteiger partial charge in [-0.2, -0.15) is 0 Å². The van der Waals surface area contributed by atoms with E-state index in [1.807, 2.05) is 28.1 Å². The predicted octanol–water partition coefficient (Wildman–Crippen LogP) is 2.84. The van der Waals surface area contributed by atoms with Crippen LogP contribution in [0.2, 0.25) is 0 Å². The van der Waals surface area contributed by atoms with Gasteiger partial charge in [0.1, 0.15) is 5.82 Å². The largest absolute Gasteiger partial charge is 0.394 e. The predicted molar refractivity (Wildman–Crippen MR) is 107 cm³/mol. The number of carbonyl (C=O) groups excluding carboxylic acids is 2. The highest BCUT2D eigenvalue weighted by molar-refractivity contribution is 14.1. The zero-order valence-electron chi connectivity index (χ0n) is 15.5. The molecule has 2 amide bonds. The summed E-state index contributed by atoms with van der Waals surface area (Å²) >= 11 is 1.86. The van der Waals surface area contributed by atoms with Crippen molar-refractivity contribution >= 4 is 45.8 Å². The number of benzene rings is 2. The third kappa shape index (κ3) is 5.81. The Hall–Kier alpha value is -2.42. The number of carbonyl (C=O) groups is 2. The van der Waals surface area contributed by atoms with Gasteiger partial charge in [-0.15, -0.1) is 0 Å². The van der Waals surface area contributed by atoms with Crippen molar-refractivity contribution in [2.75, 3.05) is 18.5 Å². The van der Waals surface area contributed by atoms with Crippen LogP contribution in [-0.4, -0.2) is 40.4 Å². The van der Waals surface area contributed by atoms with Gasteiger partial charge >= 0.3 is 0 Å². The van der Waals surface area contributed by atoms with E-state index >= 15 is 0 Å². The minimum atomic E-state index is -1.53. The van der Waals surface area contributed by atoms with Gasteiger partial charge in [0.05, 0.1) is 36.7 Å². The maximum Gasteiger partial charge on any atom is 0.277 e. The van der Waals surface area contributed by atoms with E-state index in [1.165, 1.54) is 12.1 Å². The Labute approximate surface area is 182 Å². The van der Waals surface area contributed by atoms with Crippen molar-refractivity contribution in [3.05, 3.63) is 56.4 Å². The molecule has 0 aliphatic rings. The summed E-state index contributed by atoms with van der Waals surface area (Å²) in [6.07, 6.45) is 0. The lowest BCUT2D eigenvalue weighted by Gasteiger charge is -2.18. The van der Waals surface area contributed by atoms with Crippen LogP contribution >= 0.6 is 22.6 Å². The summed E-state index contributed by atoms with van der Waals surface area (Å²) in [4.78, 5) is 28.3. The van der Waals surface area contributed by atoms with Crippen LogP contribution in [0.15, 0.2) is 24.3 Å². The van der Waals surface area contributed by atoms with Crippen molar-refractivity contribution in [1.82, 2.24) is 10.5 Å². The molecule has 2 rings (SSSR count). The fourth-order valence-electron chi connectivity index (χ4n) is 2.31. The lowest BCUT2D eigenvalue weighted by Crippen LogP contribution is -2.28. The maximum atomic E-state index is 14.8. The normalized spacial score (nSPS) is 10.6. The van der Waals surface area contributed by atoms with Crippen molar-refractivity contribution in [3.63, 3.8) is 0 Å². The number of halogens is 4. The van der Waals surface area contributed by atoms with Crippen LogP contribution in [0.25, 0.3) is 0 Å². The number of rotatable bonds is 8. The van der Waals surface area contributed by atoms with Gasteiger partial charge in [-0.25, -0.2) is 23.7 Å². The summed E-state index contributed by atoms with van der Waals surface area (Å²) in [5.74, 6) is -5.63. The summed E-state index contributed by atoms with van der Waals surface area (Å²) in [5, 5.41) is 20.7. The second-order valence-corrected chi connectivity index (χ2v) is 7.16. The molecule has 4 N–H and O–H groups in total. The van der Waals surface area contributed by atoms with Crippen LogP contribution in [0, 0.1) is 21.0 Å². The summed E-state index contributed by atoms with van der Waals surface area (Å²) < 4.78 is 44.1. The quantitative estimate of drug-likeness (QED) is 0.178. The number of aliphatic hydroxyl groups is 1. The molecular formula is C18H17F3IN3O5. The zero-order valence-corrected chi connectivity index (χ0v) is 17.7. The first-order chi connectivity index (χ1) is 14.1. The van der Waals surface area contributed by atoms with Crippen LogP contribution in [0.4, 0.5) is 24.5 Å². The van der Waals surface area contributed by atoms with Crippen LogP contribution in [0.3, 0.4) is 0 Å². The Morgan fingerprint density at radius 2 is 1.90 bits per heavy atom. The molecule has 0 radical (unpaired) electrons. The number of hydrogen-bond donors (Lipinski definition) is 4. The van der Waals surface area contributed by atoms with Gasteiger partial charge in [0.25, 0.3) is 5.91 Å². The number of nitrogens with zero attached hydrogens (tertiary/aromatic N) is 1. The molecule has 8 nitrogen and oxygen atoms in total. The van der Waals surface area contributed by atoms with Gasteiger partial charge in [-0.1, -0.05) is 0 Å². The molecule has 0 saturated heterocycles. The number of hydroxylamine groups is 3. The third-order valence-corrected chi connectivity index (χ3v) is 4.43. The van der Waals surface area contributed by atoms with Gasteiger partial charge in [0.2, 0.25) is 5.91 Å². The van der Waals surface area contributed by atoms with Crippen LogP contribution < -0.4 is 10.8 Å². The number of amides is 2. The molecule has 0 aliphatic carbocycles. The minimum Gasteiger partial charge on any atom is -0.394 e. The highest BCUT2D eigenvalue weighted by atomic mass is 127. The van der Waals surface area contributed by atoms with Crippen molar-refractivity contribution in [1.29, 1.82) is 0 Å². The molecule has 2 aromatic carbocycles. The van der Waals surface area contributed by atoms with Gasteiger partial charge in [0.15, 0.2) is 11.6 Å². The van der Waals surface area contributed by atoms with Crippen molar-refractivity contribution in [2.24, 2.45) is 0 Å². The highest BCUT2D eigenvalue weighted by Crippen LogP contribution is 2.31. The van der Waals surface area contributed by atoms with Gasteiger partial charge in [-0.3, -0.25) is 19.6 Å². The average Bonchev–Trinajstić information content (AvgIpc) is 2.69. The van der Waals surface area contributed by atoms with Crippen LogP contribution in [0.1, 0.15) is 22.8 Å². The molecule has 0 spiro atoms. The Balaban J connectivity index is 2.53. The highest BCUT2D eigenvalue weighted by Gasteiger charge is 2.25. The number of hydrogen-bond acceptors (Lipinski definition) is 6. The number of aliphatic hydroxyl groups excluding tert-OH is 1. The van der Waals surface area contributed by atoms with Crippen molar-refractivity contribution < 1.29 is 37.9 Å². The first-order valence-electron chi connectivity index (χ1n) is 8.38. The SMILES string of the molecule is CC(=O)N(O)Cc1cc(C(=O)NOCCO)c(Nc2ccc(I)cc2F)c(F)c1F. The standard InChI is InChI=1S/C18H17F3IN3O5/c1-9(27)25(29)8-10-6-12(18(28)24-30-5-4-26)17(16(21)15(10)20)23-14-3-2-11(22)7-13(14)19/h2-3,6-7,23,26,29H,4-5,8H2,1H3,(H,24,28). The molecule has 2 aromatic rings. The topological polar surface area (TPSA) is 111 Å². The second kappa shape index (κ2) is 10.6. The van der Waals surface area contributed by atoms with Crippen molar-refractivity contribution in [3.8, 4) is 0 Å². The van der Waals surface area contributed by atoms with E-state index in [1.54, 1.807) is 0 Å². The summed E-state index contributed by atoms with van der Waals surface area (Å²) in [7, 11) is 0. The van der Waals surface area contributed by atoms with E-state index in [0.29, 0.717) is 3.57 Å². The van der Waals surface area contributed by atoms with Gasteiger partial charge < -0.3 is 10.4 Å². The van der Waals surface area contributed by atoms with Crippen LogP contribution in [-0.2, 0) is 16.2 Å². The first-order valence-corrected chi connectivity index (χ1v) is 9.46. The number of nitrogens with one attached hydrogen (secondary N) is 2. The molecule has 12 heteroatoms. The fraction of sp³-hybridized carbons (Fsp3) is 0.222. The summed E-state index contributed by atoms with van der Waals surface area (Å²) in [6, 6.07) is 4.81. The molecule has 30 heavy (non-hydrogen) atoms. The van der Waals surface area contributed by atoms with E-state index < -0.39 is 59.2 Å². The third-order valence-electron chi connectivity index (χ3n) is 3.76. The molecule has 162 valence electrons. The molecule has 0 unspecified atom stereocenters. The van der Waals surface area contributed by atoms with Crippen molar-refractivity contribution in [2.45, 2.75) is 13.5 Å². The Bertz CT molecular complexity index is 961. The molecule has 0 aromatic heterocycles. The molecule has 0 saturated carbocycles. The second-order valence-electron chi connectivity index (χ2n) is 5.92. The Kier molecular flexibility index (Phi) is 8.40. The van der Waals surface area contributed by atoms with Gasteiger partial charge in [0, 0.05) is 16.1 Å². The number of anilines is 2. The van der Waals surface area contributed by atoms with E-state index in [9.17, 15) is 28.0 Å². The maximum absolute atomic E-state index is 14.8. The minimum absolute atomic E-state index is 0.133. The van der Waals surface area contributed by atoms with Crippen LogP contribution in [0.5, 0.6) is 0 Å². The lowest BCUT2D eigenvalue weighted by molar-refractivity contribution is -0.165. The molecule has 0 bridgehead atoms. The smallest absolute Gasteiger partial charge is 0.277 e. The van der Waals surface area contributed by atoms with Gasteiger partial charge in [-0.05, 0) is 46.9 Å². The van der Waals surface area contributed by atoms with E-state index in [2.05, 4.69) is 5.32 Å². The molecule has 0 heterocycles. The summed E-state index contributed by atoms with van der Waals surface area (Å²) in [5.41, 5.74) is 0.0272. The molecule has 0 aliphatic heterocycles. The molecule has 0 atom stereocenters. The fourth-order valence-corrected chi connectivity index (χ4v) is 2.76. The molecular weight excluding hydrogens is 522 g/mol. The average molecular weight is 539 g/mol. The summed E-state index contributed by atoms with van der Waals surface area (Å²) in [6.45, 7) is -0.431. The monoisotopic (exact) mass is 539 g/mol. The van der Waals surface area contributed by atoms with E-state index in [4.69, 9.17) is 9.94 Å². The van der Waals surface area contributed by atoms with E-state index in [0.717, 1.165) is 19.1 Å². The molecule has 0 fully saturated rings. The van der Waals surface area contributed by atoms with E-state index in [-0.39, 0.29) is 17.4 Å². The Morgan fingerprint density at radius 1 is 1.20 bits per heavy atom.